The highest BCUT2D eigenvalue weighted by molar-refractivity contribution is 6.31. The lowest BCUT2D eigenvalue weighted by Gasteiger charge is -2.01. The Bertz CT molecular complexity index is 390. The minimum atomic E-state index is -0.429. The average molecular weight is 228 g/mol. The van der Waals surface area contributed by atoms with Gasteiger partial charge in [0, 0.05) is 12.3 Å². The molecule has 80 valence electrons. The zero-order chi connectivity index (χ0) is 11.3. The van der Waals surface area contributed by atoms with Gasteiger partial charge in [-0.3, -0.25) is 0 Å². The fraction of sp³-hybridized carbons (Fsp3) is 0.200. The fourth-order valence-electron chi connectivity index (χ4n) is 0.914. The summed E-state index contributed by atoms with van der Waals surface area (Å²) in [6, 6.07) is 1.65. The second-order valence-electron chi connectivity index (χ2n) is 2.62. The van der Waals surface area contributed by atoms with Crippen molar-refractivity contribution in [2.24, 2.45) is 0 Å². The maximum Gasteiger partial charge on any atom is 0.330 e. The molecule has 1 aromatic rings. The first-order chi connectivity index (χ1) is 7.17. The van der Waals surface area contributed by atoms with E-state index < -0.39 is 5.97 Å². The molecule has 1 aromatic heterocycles. The van der Waals surface area contributed by atoms with E-state index in [1.165, 1.54) is 20.3 Å². The summed E-state index contributed by atoms with van der Waals surface area (Å²) in [6.45, 7) is 0. The van der Waals surface area contributed by atoms with E-state index in [9.17, 15) is 4.79 Å². The van der Waals surface area contributed by atoms with E-state index in [2.05, 4.69) is 9.72 Å². The van der Waals surface area contributed by atoms with Gasteiger partial charge in [-0.15, -0.1) is 0 Å². The third kappa shape index (κ3) is 3.25. The Kier molecular flexibility index (Phi) is 4.12. The molecule has 0 unspecified atom stereocenters. The van der Waals surface area contributed by atoms with Gasteiger partial charge in [0.2, 0.25) is 5.88 Å². The van der Waals surface area contributed by atoms with Crippen LogP contribution in [0.5, 0.6) is 5.88 Å². The lowest BCUT2D eigenvalue weighted by atomic mass is 10.2. The van der Waals surface area contributed by atoms with Gasteiger partial charge in [0.1, 0.15) is 5.02 Å². The molecule has 0 amide bonds. The highest BCUT2D eigenvalue weighted by Gasteiger charge is 2.01. The molecule has 0 aliphatic rings. The van der Waals surface area contributed by atoms with Crippen molar-refractivity contribution in [3.05, 3.63) is 28.9 Å². The molecule has 0 bridgehead atoms. The number of methoxy groups -OCH3 is 2. The molecule has 0 aliphatic heterocycles. The van der Waals surface area contributed by atoms with Crippen molar-refractivity contribution in [2.75, 3.05) is 14.2 Å². The molecule has 0 aromatic carbocycles. The van der Waals surface area contributed by atoms with Crippen LogP contribution in [-0.4, -0.2) is 25.2 Å². The maximum atomic E-state index is 10.8. The number of rotatable bonds is 3. The van der Waals surface area contributed by atoms with Crippen molar-refractivity contribution >= 4 is 23.6 Å². The standard InChI is InChI=1S/C10H10ClNO3/c1-14-9(13)4-3-7-5-8(11)10(15-2)12-6-7/h3-6H,1-2H3. The number of halogens is 1. The van der Waals surface area contributed by atoms with Gasteiger partial charge in [-0.25, -0.2) is 9.78 Å². The van der Waals surface area contributed by atoms with Gasteiger partial charge in [-0.05, 0) is 17.7 Å². The monoisotopic (exact) mass is 227 g/mol. The number of hydrogen-bond donors (Lipinski definition) is 0. The molecule has 0 radical (unpaired) electrons. The second kappa shape index (κ2) is 5.36. The van der Waals surface area contributed by atoms with Gasteiger partial charge in [-0.1, -0.05) is 11.6 Å². The maximum absolute atomic E-state index is 10.8. The van der Waals surface area contributed by atoms with E-state index in [4.69, 9.17) is 16.3 Å². The van der Waals surface area contributed by atoms with Crippen molar-refractivity contribution < 1.29 is 14.3 Å². The Hall–Kier alpha value is -1.55. The van der Waals surface area contributed by atoms with Gasteiger partial charge < -0.3 is 9.47 Å². The van der Waals surface area contributed by atoms with Crippen molar-refractivity contribution in [2.45, 2.75) is 0 Å². The predicted molar refractivity (Wildman–Crippen MR) is 56.8 cm³/mol. The van der Waals surface area contributed by atoms with Crippen molar-refractivity contribution in [3.63, 3.8) is 0 Å². The second-order valence-corrected chi connectivity index (χ2v) is 3.02. The van der Waals surface area contributed by atoms with Crippen LogP contribution in [-0.2, 0) is 9.53 Å². The van der Waals surface area contributed by atoms with E-state index in [0.29, 0.717) is 16.5 Å². The van der Waals surface area contributed by atoms with Crippen LogP contribution < -0.4 is 4.74 Å². The number of aromatic nitrogens is 1. The van der Waals surface area contributed by atoms with E-state index in [1.807, 2.05) is 0 Å². The Morgan fingerprint density at radius 1 is 1.53 bits per heavy atom. The summed E-state index contributed by atoms with van der Waals surface area (Å²) in [6.07, 6.45) is 4.40. The predicted octanol–water partition coefficient (Wildman–Crippen LogP) is 1.93. The first-order valence-corrected chi connectivity index (χ1v) is 4.50. The first kappa shape index (κ1) is 11.5. The SMILES string of the molecule is COC(=O)C=Cc1cnc(OC)c(Cl)c1. The molecule has 0 spiro atoms. The van der Waals surface area contributed by atoms with Crippen LogP contribution in [0.2, 0.25) is 5.02 Å². The Balaban J connectivity index is 2.84. The fourth-order valence-corrected chi connectivity index (χ4v) is 1.17. The lowest BCUT2D eigenvalue weighted by Crippen LogP contribution is -1.93. The van der Waals surface area contributed by atoms with Gasteiger partial charge >= 0.3 is 5.97 Å². The highest BCUT2D eigenvalue weighted by atomic mass is 35.5. The minimum Gasteiger partial charge on any atom is -0.480 e. The van der Waals surface area contributed by atoms with Crippen LogP contribution in [0.4, 0.5) is 0 Å². The van der Waals surface area contributed by atoms with Crippen LogP contribution in [0.3, 0.4) is 0 Å². The van der Waals surface area contributed by atoms with E-state index in [0.717, 1.165) is 0 Å². The van der Waals surface area contributed by atoms with Gasteiger partial charge in [0.15, 0.2) is 0 Å². The smallest absolute Gasteiger partial charge is 0.330 e. The highest BCUT2D eigenvalue weighted by Crippen LogP contribution is 2.22. The lowest BCUT2D eigenvalue weighted by molar-refractivity contribution is -0.134. The van der Waals surface area contributed by atoms with Crippen molar-refractivity contribution in [1.82, 2.24) is 4.98 Å². The summed E-state index contributed by atoms with van der Waals surface area (Å²) in [4.78, 5) is 14.7. The molecule has 0 atom stereocenters. The molecule has 5 heteroatoms. The zero-order valence-electron chi connectivity index (χ0n) is 8.36. The Labute approximate surface area is 92.5 Å². The summed E-state index contributed by atoms with van der Waals surface area (Å²) < 4.78 is 9.33. The largest absolute Gasteiger partial charge is 0.480 e. The van der Waals surface area contributed by atoms with Crippen LogP contribution >= 0.6 is 11.6 Å². The number of carbonyl (C=O) groups is 1. The molecular formula is C10H10ClNO3. The number of carbonyl (C=O) groups excluding carboxylic acids is 1. The molecule has 4 nitrogen and oxygen atoms in total. The van der Waals surface area contributed by atoms with Gasteiger partial charge in [-0.2, -0.15) is 0 Å². The Morgan fingerprint density at radius 2 is 2.27 bits per heavy atom. The van der Waals surface area contributed by atoms with Crippen molar-refractivity contribution in [3.8, 4) is 5.88 Å². The van der Waals surface area contributed by atoms with Gasteiger partial charge in [0.05, 0.1) is 14.2 Å². The third-order valence-electron chi connectivity index (χ3n) is 1.63. The molecule has 0 saturated carbocycles. The van der Waals surface area contributed by atoms with Crippen LogP contribution in [0, 0.1) is 0 Å². The number of esters is 1. The molecule has 0 fully saturated rings. The number of nitrogens with zero attached hydrogens (tertiary/aromatic N) is 1. The number of hydrogen-bond acceptors (Lipinski definition) is 4. The van der Waals surface area contributed by atoms with E-state index >= 15 is 0 Å². The van der Waals surface area contributed by atoms with Crippen molar-refractivity contribution in [1.29, 1.82) is 0 Å². The summed E-state index contributed by atoms with van der Waals surface area (Å²) in [5, 5.41) is 0.393. The molecule has 15 heavy (non-hydrogen) atoms. The summed E-state index contributed by atoms with van der Waals surface area (Å²) in [5.74, 6) is -0.0752. The quantitative estimate of drug-likeness (QED) is 0.585. The van der Waals surface area contributed by atoms with Crippen LogP contribution in [0.15, 0.2) is 18.3 Å². The van der Waals surface area contributed by atoms with Gasteiger partial charge in [0.25, 0.3) is 0 Å². The summed E-state index contributed by atoms with van der Waals surface area (Å²) >= 11 is 5.84. The first-order valence-electron chi connectivity index (χ1n) is 4.13. The number of pyridine rings is 1. The normalized spacial score (nSPS) is 10.3. The minimum absolute atomic E-state index is 0.354. The molecule has 1 heterocycles. The zero-order valence-corrected chi connectivity index (χ0v) is 9.12. The molecular weight excluding hydrogens is 218 g/mol. The Morgan fingerprint density at radius 3 is 2.80 bits per heavy atom. The number of ether oxygens (including phenoxy) is 2. The molecule has 0 N–H and O–H groups in total. The van der Waals surface area contributed by atoms with Crippen LogP contribution in [0.1, 0.15) is 5.56 Å². The van der Waals surface area contributed by atoms with E-state index in [-0.39, 0.29) is 0 Å². The molecule has 1 rings (SSSR count). The molecule has 0 saturated heterocycles. The average Bonchev–Trinajstić information content (AvgIpc) is 2.26. The summed E-state index contributed by atoms with van der Waals surface area (Å²) in [7, 11) is 2.80. The van der Waals surface area contributed by atoms with E-state index in [1.54, 1.807) is 18.3 Å². The van der Waals surface area contributed by atoms with Crippen LogP contribution in [0.25, 0.3) is 6.08 Å². The third-order valence-corrected chi connectivity index (χ3v) is 1.91. The topological polar surface area (TPSA) is 48.4 Å². The molecule has 0 aliphatic carbocycles. The summed E-state index contributed by atoms with van der Waals surface area (Å²) in [5.41, 5.74) is 0.700.